The maximum absolute atomic E-state index is 13.6. The number of hydrogen-bond acceptors (Lipinski definition) is 3. The summed E-state index contributed by atoms with van der Waals surface area (Å²) in [5.74, 6) is -1.62. The Balaban J connectivity index is 2.76. The summed E-state index contributed by atoms with van der Waals surface area (Å²) >= 11 is 7.01. The third kappa shape index (κ3) is 2.39. The Morgan fingerprint density at radius 3 is 2.65 bits per heavy atom. The topological polar surface area (TPSA) is 63.3 Å². The van der Waals surface area contributed by atoms with E-state index in [9.17, 15) is 14.3 Å². The van der Waals surface area contributed by atoms with Crippen molar-refractivity contribution in [2.45, 2.75) is 19.8 Å². The third-order valence-corrected chi connectivity index (χ3v) is 4.58. The molecule has 0 aliphatic carbocycles. The van der Waals surface area contributed by atoms with Crippen LogP contribution >= 0.6 is 22.9 Å². The van der Waals surface area contributed by atoms with Crippen molar-refractivity contribution in [1.82, 2.24) is 0 Å². The minimum Gasteiger partial charge on any atom is -0.477 e. The van der Waals surface area contributed by atoms with Crippen LogP contribution in [0.2, 0.25) is 5.02 Å². The Kier molecular flexibility index (Phi) is 4.01. The van der Waals surface area contributed by atoms with E-state index < -0.39 is 11.8 Å². The molecule has 0 saturated carbocycles. The van der Waals surface area contributed by atoms with Crippen LogP contribution < -0.4 is 5.73 Å². The first-order chi connectivity index (χ1) is 9.34. The SMILES string of the molecule is CC(C)c1c(-c2cccc(F)c2Cl)sc(C(=O)O)c1N. The van der Waals surface area contributed by atoms with Crippen LogP contribution in [0.5, 0.6) is 0 Å². The maximum Gasteiger partial charge on any atom is 0.348 e. The highest BCUT2D eigenvalue weighted by Gasteiger charge is 2.24. The molecule has 0 amide bonds. The smallest absolute Gasteiger partial charge is 0.348 e. The van der Waals surface area contributed by atoms with Gasteiger partial charge in [0.2, 0.25) is 0 Å². The van der Waals surface area contributed by atoms with E-state index in [1.165, 1.54) is 12.1 Å². The number of carboxylic acid groups (broad SMARTS) is 1. The minimum atomic E-state index is -1.09. The first-order valence-corrected chi connectivity index (χ1v) is 7.13. The number of carboxylic acids is 1. The van der Waals surface area contributed by atoms with E-state index in [2.05, 4.69) is 0 Å². The number of thiophene rings is 1. The van der Waals surface area contributed by atoms with Crippen LogP contribution in [0.1, 0.15) is 35.0 Å². The second-order valence-electron chi connectivity index (χ2n) is 4.65. The lowest BCUT2D eigenvalue weighted by Gasteiger charge is -2.10. The summed E-state index contributed by atoms with van der Waals surface area (Å²) in [6.07, 6.45) is 0. The van der Waals surface area contributed by atoms with Gasteiger partial charge >= 0.3 is 5.97 Å². The summed E-state index contributed by atoms with van der Waals surface area (Å²) in [7, 11) is 0. The number of nitrogen functional groups attached to an aromatic ring is 1. The molecular weight excluding hydrogens is 301 g/mol. The predicted octanol–water partition coefficient (Wildman–Crippen LogP) is 4.61. The number of halogens is 2. The number of aromatic carboxylic acids is 1. The highest BCUT2D eigenvalue weighted by atomic mass is 35.5. The standard InChI is InChI=1S/C14H13ClFNO2S/c1-6(2)9-11(17)13(14(18)19)20-12(9)7-4-3-5-8(16)10(7)15/h3-6H,17H2,1-2H3,(H,18,19). The molecule has 0 radical (unpaired) electrons. The van der Waals surface area contributed by atoms with Gasteiger partial charge in [-0.05, 0) is 17.5 Å². The maximum atomic E-state index is 13.6. The van der Waals surface area contributed by atoms with E-state index in [-0.39, 0.29) is 21.5 Å². The Morgan fingerprint density at radius 1 is 1.45 bits per heavy atom. The van der Waals surface area contributed by atoms with Gasteiger partial charge in [0.25, 0.3) is 0 Å². The number of nitrogens with two attached hydrogens (primary N) is 1. The van der Waals surface area contributed by atoms with Crippen molar-refractivity contribution in [2.75, 3.05) is 5.73 Å². The molecule has 2 rings (SSSR count). The lowest BCUT2D eigenvalue weighted by atomic mass is 9.98. The fourth-order valence-corrected chi connectivity index (χ4v) is 3.59. The zero-order chi connectivity index (χ0) is 15.0. The summed E-state index contributed by atoms with van der Waals surface area (Å²) in [5.41, 5.74) is 7.32. The van der Waals surface area contributed by atoms with Gasteiger partial charge in [-0.15, -0.1) is 11.3 Å². The number of carbonyl (C=O) groups is 1. The summed E-state index contributed by atoms with van der Waals surface area (Å²) in [5, 5.41) is 9.16. The van der Waals surface area contributed by atoms with Crippen molar-refractivity contribution >= 4 is 34.6 Å². The first-order valence-electron chi connectivity index (χ1n) is 5.94. The molecule has 0 unspecified atom stereocenters. The number of rotatable bonds is 3. The van der Waals surface area contributed by atoms with Crippen molar-refractivity contribution in [3.63, 3.8) is 0 Å². The molecule has 2 aromatic rings. The Bertz CT molecular complexity index is 682. The molecule has 0 aliphatic heterocycles. The van der Waals surface area contributed by atoms with Gasteiger partial charge in [-0.25, -0.2) is 9.18 Å². The molecule has 20 heavy (non-hydrogen) atoms. The van der Waals surface area contributed by atoms with Crippen molar-refractivity contribution in [1.29, 1.82) is 0 Å². The molecule has 106 valence electrons. The highest BCUT2D eigenvalue weighted by molar-refractivity contribution is 7.18. The van der Waals surface area contributed by atoms with Crippen LogP contribution in [-0.4, -0.2) is 11.1 Å². The lowest BCUT2D eigenvalue weighted by molar-refractivity contribution is 0.0703. The second kappa shape index (κ2) is 5.42. The van der Waals surface area contributed by atoms with E-state index in [1.807, 2.05) is 13.8 Å². The Labute approximate surface area is 124 Å². The largest absolute Gasteiger partial charge is 0.477 e. The quantitative estimate of drug-likeness (QED) is 0.869. The fourth-order valence-electron chi connectivity index (χ4n) is 2.07. The molecule has 0 fully saturated rings. The van der Waals surface area contributed by atoms with Crippen LogP contribution in [0.4, 0.5) is 10.1 Å². The van der Waals surface area contributed by atoms with Gasteiger partial charge in [0.1, 0.15) is 10.7 Å². The fraction of sp³-hybridized carbons (Fsp3) is 0.214. The van der Waals surface area contributed by atoms with E-state index in [1.54, 1.807) is 6.07 Å². The van der Waals surface area contributed by atoms with Crippen LogP contribution in [0.15, 0.2) is 18.2 Å². The lowest BCUT2D eigenvalue weighted by Crippen LogP contribution is -2.00. The van der Waals surface area contributed by atoms with Gasteiger partial charge in [-0.2, -0.15) is 0 Å². The van der Waals surface area contributed by atoms with Crippen molar-refractivity contribution in [3.05, 3.63) is 39.5 Å². The van der Waals surface area contributed by atoms with Crippen LogP contribution in [0.3, 0.4) is 0 Å². The zero-order valence-electron chi connectivity index (χ0n) is 10.9. The summed E-state index contributed by atoms with van der Waals surface area (Å²) < 4.78 is 13.6. The molecular formula is C14H13ClFNO2S. The molecule has 3 nitrogen and oxygen atoms in total. The molecule has 0 spiro atoms. The van der Waals surface area contributed by atoms with Gasteiger partial charge in [-0.1, -0.05) is 37.6 Å². The predicted molar refractivity (Wildman–Crippen MR) is 80.2 cm³/mol. The summed E-state index contributed by atoms with van der Waals surface area (Å²) in [6, 6.07) is 4.46. The molecule has 0 atom stereocenters. The Hall–Kier alpha value is -1.59. The average molecular weight is 314 g/mol. The van der Waals surface area contributed by atoms with E-state index >= 15 is 0 Å². The molecule has 6 heteroatoms. The molecule has 1 aromatic heterocycles. The summed E-state index contributed by atoms with van der Waals surface area (Å²) in [4.78, 5) is 11.9. The average Bonchev–Trinajstić information content (AvgIpc) is 2.70. The number of benzene rings is 1. The second-order valence-corrected chi connectivity index (χ2v) is 6.05. The van der Waals surface area contributed by atoms with E-state index in [4.69, 9.17) is 17.3 Å². The molecule has 0 aliphatic rings. The van der Waals surface area contributed by atoms with Gasteiger partial charge in [0, 0.05) is 10.4 Å². The van der Waals surface area contributed by atoms with Gasteiger partial charge in [0.15, 0.2) is 0 Å². The number of hydrogen-bond donors (Lipinski definition) is 2. The van der Waals surface area contributed by atoms with Crippen molar-refractivity contribution in [3.8, 4) is 10.4 Å². The number of anilines is 1. The summed E-state index contributed by atoms with van der Waals surface area (Å²) in [6.45, 7) is 3.81. The first kappa shape index (κ1) is 14.8. The van der Waals surface area contributed by atoms with Crippen LogP contribution in [-0.2, 0) is 0 Å². The molecule has 1 aromatic carbocycles. The third-order valence-electron chi connectivity index (χ3n) is 2.95. The highest BCUT2D eigenvalue weighted by Crippen LogP contribution is 2.45. The van der Waals surface area contributed by atoms with Gasteiger partial charge in [0.05, 0.1) is 10.7 Å². The van der Waals surface area contributed by atoms with Crippen molar-refractivity contribution < 1.29 is 14.3 Å². The monoisotopic (exact) mass is 313 g/mol. The van der Waals surface area contributed by atoms with Gasteiger partial charge in [-0.3, -0.25) is 0 Å². The Morgan fingerprint density at radius 2 is 2.10 bits per heavy atom. The molecule has 0 saturated heterocycles. The molecule has 1 heterocycles. The van der Waals surface area contributed by atoms with E-state index in [0.717, 1.165) is 11.3 Å². The molecule has 0 bridgehead atoms. The van der Waals surface area contributed by atoms with E-state index in [0.29, 0.717) is 16.0 Å². The minimum absolute atomic E-state index is 0.00804. The normalized spacial score (nSPS) is 11.1. The van der Waals surface area contributed by atoms with Gasteiger partial charge < -0.3 is 10.8 Å². The van der Waals surface area contributed by atoms with Crippen molar-refractivity contribution in [2.24, 2.45) is 0 Å². The van der Waals surface area contributed by atoms with Crippen LogP contribution in [0, 0.1) is 5.82 Å². The molecule has 3 N–H and O–H groups in total. The van der Waals surface area contributed by atoms with Crippen LogP contribution in [0.25, 0.3) is 10.4 Å². The zero-order valence-corrected chi connectivity index (χ0v) is 12.5.